The Hall–Kier alpha value is -2.23. The van der Waals surface area contributed by atoms with Crippen LogP contribution in [0.5, 0.6) is 5.75 Å². The normalized spacial score (nSPS) is 21.9. The van der Waals surface area contributed by atoms with Gasteiger partial charge in [0.15, 0.2) is 15.0 Å². The molecule has 2 aromatic carbocycles. The van der Waals surface area contributed by atoms with E-state index in [0.717, 1.165) is 0 Å². The minimum atomic E-state index is -2.98. The summed E-state index contributed by atoms with van der Waals surface area (Å²) in [6, 6.07) is 11.8. The summed E-state index contributed by atoms with van der Waals surface area (Å²) in [4.78, 5) is 17.1. The fraction of sp³-hybridized carbons (Fsp3) is 0.263. The van der Waals surface area contributed by atoms with Crippen LogP contribution < -0.4 is 15.4 Å². The summed E-state index contributed by atoms with van der Waals surface area (Å²) in [6.07, 6.45) is 0. The number of hydrogen-bond acceptors (Lipinski definition) is 7. The number of amidine groups is 1. The SMILES string of the molecule is COc1ccc(NC(=O)c2cccc(NC3=N[C@H]4CS(=O)(=O)C[C@@H]4S3)c2)cc1Cl. The van der Waals surface area contributed by atoms with Crippen molar-refractivity contribution >= 4 is 55.6 Å². The van der Waals surface area contributed by atoms with E-state index in [0.29, 0.717) is 32.9 Å². The van der Waals surface area contributed by atoms with Gasteiger partial charge >= 0.3 is 0 Å². The summed E-state index contributed by atoms with van der Waals surface area (Å²) in [5.41, 5.74) is 1.73. The van der Waals surface area contributed by atoms with Crippen LogP contribution in [0.1, 0.15) is 10.4 Å². The van der Waals surface area contributed by atoms with Crippen LogP contribution >= 0.6 is 23.4 Å². The van der Waals surface area contributed by atoms with E-state index in [1.807, 2.05) is 6.07 Å². The molecule has 2 aromatic rings. The van der Waals surface area contributed by atoms with Crippen LogP contribution in [0.15, 0.2) is 47.5 Å². The zero-order valence-electron chi connectivity index (χ0n) is 15.4. The van der Waals surface area contributed by atoms with Crippen LogP contribution in [0.3, 0.4) is 0 Å². The summed E-state index contributed by atoms with van der Waals surface area (Å²) < 4.78 is 28.5. The van der Waals surface area contributed by atoms with Crippen molar-refractivity contribution in [3.63, 3.8) is 0 Å². The largest absolute Gasteiger partial charge is 0.495 e. The van der Waals surface area contributed by atoms with Crippen LogP contribution in [0.25, 0.3) is 0 Å². The number of amides is 1. The fourth-order valence-electron chi connectivity index (χ4n) is 3.23. The topological polar surface area (TPSA) is 96.9 Å². The lowest BCUT2D eigenvalue weighted by molar-refractivity contribution is 0.102. The second-order valence-corrected chi connectivity index (χ2v) is 10.5. The summed E-state index contributed by atoms with van der Waals surface area (Å²) in [5, 5.41) is 7.03. The molecule has 2 atom stereocenters. The highest BCUT2D eigenvalue weighted by Gasteiger charge is 2.42. The van der Waals surface area contributed by atoms with E-state index in [2.05, 4.69) is 15.6 Å². The molecular weight excluding hydrogens is 434 g/mol. The third-order valence-electron chi connectivity index (χ3n) is 4.60. The first-order valence-corrected chi connectivity index (χ1v) is 11.9. The lowest BCUT2D eigenvalue weighted by atomic mass is 10.2. The Balaban J connectivity index is 1.44. The molecule has 0 spiro atoms. The van der Waals surface area contributed by atoms with Crippen molar-refractivity contribution < 1.29 is 17.9 Å². The van der Waals surface area contributed by atoms with Crippen LogP contribution in [-0.2, 0) is 9.84 Å². The molecule has 1 fully saturated rings. The molecule has 0 aliphatic carbocycles. The molecule has 1 saturated heterocycles. The number of carbonyl (C=O) groups is 1. The third kappa shape index (κ3) is 4.52. The molecule has 0 bridgehead atoms. The monoisotopic (exact) mass is 451 g/mol. The van der Waals surface area contributed by atoms with E-state index in [1.165, 1.54) is 18.9 Å². The average Bonchev–Trinajstić information content (AvgIpc) is 3.14. The molecule has 0 saturated carbocycles. The van der Waals surface area contributed by atoms with Gasteiger partial charge in [-0.05, 0) is 36.4 Å². The summed E-state index contributed by atoms with van der Waals surface area (Å²) in [6.45, 7) is 0. The highest BCUT2D eigenvalue weighted by atomic mass is 35.5. The van der Waals surface area contributed by atoms with Crippen LogP contribution in [0.4, 0.5) is 11.4 Å². The molecule has 2 aliphatic heterocycles. The Morgan fingerprint density at radius 3 is 2.76 bits per heavy atom. The lowest BCUT2D eigenvalue weighted by Crippen LogP contribution is -2.14. The van der Waals surface area contributed by atoms with Crippen molar-refractivity contribution in [2.45, 2.75) is 11.3 Å². The van der Waals surface area contributed by atoms with Crippen molar-refractivity contribution in [2.75, 3.05) is 29.2 Å². The molecule has 0 unspecified atom stereocenters. The molecule has 7 nitrogen and oxygen atoms in total. The number of methoxy groups -OCH3 is 1. The smallest absolute Gasteiger partial charge is 0.255 e. The van der Waals surface area contributed by atoms with Crippen molar-refractivity contribution in [3.05, 3.63) is 53.1 Å². The number of rotatable bonds is 4. The summed E-state index contributed by atoms with van der Waals surface area (Å²) >= 11 is 7.53. The highest BCUT2D eigenvalue weighted by molar-refractivity contribution is 8.15. The van der Waals surface area contributed by atoms with Gasteiger partial charge in [0.05, 0.1) is 29.7 Å². The lowest BCUT2D eigenvalue weighted by Gasteiger charge is -2.10. The molecular formula is C19H18ClN3O4S2. The number of nitrogens with zero attached hydrogens (tertiary/aromatic N) is 1. The number of aliphatic imine (C=N–C) groups is 1. The number of carbonyl (C=O) groups excluding carboxylic acids is 1. The molecule has 2 N–H and O–H groups in total. The van der Waals surface area contributed by atoms with E-state index in [4.69, 9.17) is 16.3 Å². The maximum Gasteiger partial charge on any atom is 0.255 e. The first-order valence-electron chi connectivity index (χ1n) is 8.80. The van der Waals surface area contributed by atoms with Crippen LogP contribution in [-0.4, -0.2) is 49.4 Å². The standard InChI is InChI=1S/C19H18ClN3O4S2/c1-27-16-6-5-13(8-14(16)20)21-18(24)11-3-2-4-12(7-11)22-19-23-15-9-29(25,26)10-17(15)28-19/h2-8,15,17H,9-10H2,1H3,(H,21,24)(H,22,23)/t15-,17-/m0/s1. The zero-order valence-corrected chi connectivity index (χ0v) is 17.8. The first kappa shape index (κ1) is 20.1. The molecule has 4 rings (SSSR count). The number of sulfone groups is 1. The van der Waals surface area contributed by atoms with E-state index in [1.54, 1.807) is 36.4 Å². The van der Waals surface area contributed by atoms with Gasteiger partial charge < -0.3 is 15.4 Å². The van der Waals surface area contributed by atoms with Gasteiger partial charge in [0.2, 0.25) is 0 Å². The highest BCUT2D eigenvalue weighted by Crippen LogP contribution is 2.34. The number of thioether (sulfide) groups is 1. The molecule has 29 heavy (non-hydrogen) atoms. The van der Waals surface area contributed by atoms with Crippen molar-refractivity contribution in [3.8, 4) is 5.75 Å². The number of nitrogens with one attached hydrogen (secondary N) is 2. The second-order valence-electron chi connectivity index (χ2n) is 6.74. The van der Waals surface area contributed by atoms with Gasteiger partial charge in [-0.1, -0.05) is 29.4 Å². The van der Waals surface area contributed by atoms with Crippen molar-refractivity contribution in [1.82, 2.24) is 0 Å². The molecule has 2 heterocycles. The van der Waals surface area contributed by atoms with E-state index in [-0.39, 0.29) is 28.7 Å². The third-order valence-corrected chi connectivity index (χ3v) is 8.04. The molecule has 0 radical (unpaired) electrons. The van der Waals surface area contributed by atoms with E-state index in [9.17, 15) is 13.2 Å². The van der Waals surface area contributed by atoms with Crippen LogP contribution in [0, 0.1) is 0 Å². The molecule has 10 heteroatoms. The zero-order chi connectivity index (χ0) is 20.6. The number of anilines is 2. The number of ether oxygens (including phenoxy) is 1. The van der Waals surface area contributed by atoms with Crippen molar-refractivity contribution in [2.24, 2.45) is 4.99 Å². The maximum atomic E-state index is 12.6. The quantitative estimate of drug-likeness (QED) is 0.740. The van der Waals surface area contributed by atoms with Crippen molar-refractivity contribution in [1.29, 1.82) is 0 Å². The number of halogens is 1. The summed E-state index contributed by atoms with van der Waals surface area (Å²) in [5.74, 6) is 0.509. The maximum absolute atomic E-state index is 12.6. The number of hydrogen-bond donors (Lipinski definition) is 2. The molecule has 1 amide bonds. The molecule has 0 aromatic heterocycles. The second kappa shape index (κ2) is 7.89. The minimum absolute atomic E-state index is 0.0335. The minimum Gasteiger partial charge on any atom is -0.495 e. The fourth-order valence-corrected chi connectivity index (χ4v) is 7.16. The Labute approximate surface area is 177 Å². The van der Waals surface area contributed by atoms with Gasteiger partial charge in [-0.15, -0.1) is 0 Å². The first-order chi connectivity index (χ1) is 13.8. The summed E-state index contributed by atoms with van der Waals surface area (Å²) in [7, 11) is -1.46. The van der Waals surface area contributed by atoms with Gasteiger partial charge in [-0.3, -0.25) is 9.79 Å². The van der Waals surface area contributed by atoms with Gasteiger partial charge in [0.25, 0.3) is 5.91 Å². The Morgan fingerprint density at radius 2 is 2.03 bits per heavy atom. The van der Waals surface area contributed by atoms with Crippen LogP contribution in [0.2, 0.25) is 5.02 Å². The van der Waals surface area contributed by atoms with Gasteiger partial charge in [0.1, 0.15) is 5.75 Å². The number of fused-ring (bicyclic) bond motifs is 1. The number of benzene rings is 2. The van der Waals surface area contributed by atoms with E-state index >= 15 is 0 Å². The average molecular weight is 452 g/mol. The Morgan fingerprint density at radius 1 is 1.21 bits per heavy atom. The van der Waals surface area contributed by atoms with Gasteiger partial charge in [-0.25, -0.2) is 8.42 Å². The van der Waals surface area contributed by atoms with Gasteiger partial charge in [-0.2, -0.15) is 0 Å². The Kier molecular flexibility index (Phi) is 5.46. The van der Waals surface area contributed by atoms with E-state index < -0.39 is 9.84 Å². The predicted octanol–water partition coefficient (Wildman–Crippen LogP) is 3.28. The Bertz CT molecular complexity index is 1100. The molecule has 2 aliphatic rings. The molecule has 152 valence electrons. The predicted molar refractivity (Wildman–Crippen MR) is 117 cm³/mol. The van der Waals surface area contributed by atoms with Gasteiger partial charge in [0, 0.05) is 22.2 Å².